The standard InChI is InChI=1S/C48H92N4O4/c1-7-11-17-27-44(28-18-12-8-2)31-25-39-55-47(53)33-21-15-23-35-51(42-46-41-49-52(43-46)38-37-50(5)6)36-24-16-22-34-48(54)56-40-26-32-45(29-19-13-9-3)30-20-14-10-4/h41,43-45H,7-40,42H2,1-6H3. The highest BCUT2D eigenvalue weighted by Gasteiger charge is 2.13. The Morgan fingerprint density at radius 2 is 1.00 bits per heavy atom. The Hall–Kier alpha value is -1.93. The van der Waals surface area contributed by atoms with E-state index in [2.05, 4.69) is 62.9 Å². The molecular weight excluding hydrogens is 697 g/mol. The van der Waals surface area contributed by atoms with E-state index in [1.54, 1.807) is 0 Å². The molecule has 0 aromatic carbocycles. The molecule has 0 saturated carbocycles. The van der Waals surface area contributed by atoms with Crippen molar-refractivity contribution in [3.8, 4) is 0 Å². The van der Waals surface area contributed by atoms with Gasteiger partial charge in [0, 0.05) is 37.7 Å². The molecule has 0 unspecified atom stereocenters. The Bertz CT molecular complexity index is 957. The summed E-state index contributed by atoms with van der Waals surface area (Å²) < 4.78 is 13.4. The van der Waals surface area contributed by atoms with E-state index in [-0.39, 0.29) is 11.9 Å². The fourth-order valence-electron chi connectivity index (χ4n) is 7.86. The van der Waals surface area contributed by atoms with Gasteiger partial charge in [-0.15, -0.1) is 0 Å². The molecule has 0 atom stereocenters. The van der Waals surface area contributed by atoms with Crippen LogP contribution < -0.4 is 0 Å². The quantitative estimate of drug-likeness (QED) is 0.0483. The summed E-state index contributed by atoms with van der Waals surface area (Å²) in [4.78, 5) is 29.7. The maximum atomic E-state index is 12.5. The van der Waals surface area contributed by atoms with Crippen molar-refractivity contribution in [2.24, 2.45) is 11.8 Å². The highest BCUT2D eigenvalue weighted by atomic mass is 16.5. The van der Waals surface area contributed by atoms with Crippen molar-refractivity contribution in [2.75, 3.05) is 46.9 Å². The minimum atomic E-state index is -0.0342. The normalized spacial score (nSPS) is 11.8. The molecule has 1 rings (SSSR count). The van der Waals surface area contributed by atoms with Crippen molar-refractivity contribution in [1.82, 2.24) is 19.6 Å². The van der Waals surface area contributed by atoms with Crippen molar-refractivity contribution in [1.29, 1.82) is 0 Å². The van der Waals surface area contributed by atoms with E-state index in [9.17, 15) is 9.59 Å². The van der Waals surface area contributed by atoms with Crippen LogP contribution in [0.2, 0.25) is 0 Å². The first-order chi connectivity index (χ1) is 27.3. The van der Waals surface area contributed by atoms with E-state index < -0.39 is 0 Å². The fourth-order valence-corrected chi connectivity index (χ4v) is 7.86. The molecule has 0 radical (unpaired) electrons. The zero-order valence-corrected chi connectivity index (χ0v) is 38.0. The zero-order valence-electron chi connectivity index (χ0n) is 38.0. The van der Waals surface area contributed by atoms with Crippen LogP contribution in [0.15, 0.2) is 12.4 Å². The number of nitrogens with zero attached hydrogens (tertiary/aromatic N) is 4. The molecule has 0 aliphatic rings. The molecule has 56 heavy (non-hydrogen) atoms. The number of carbonyl (C=O) groups excluding carboxylic acids is 2. The van der Waals surface area contributed by atoms with E-state index in [4.69, 9.17) is 9.47 Å². The molecule has 0 aliphatic carbocycles. The SMILES string of the molecule is CCCCCC(CCCCC)CCCOC(=O)CCCCCN(CCCCCC(=O)OCCCC(CCCCC)CCCCC)Cc1cnn(CCN(C)C)c1. The van der Waals surface area contributed by atoms with Gasteiger partial charge < -0.3 is 14.4 Å². The smallest absolute Gasteiger partial charge is 0.305 e. The molecular formula is C48H92N4O4. The van der Waals surface area contributed by atoms with Gasteiger partial charge in [0.05, 0.1) is 26.0 Å². The molecule has 1 heterocycles. The van der Waals surface area contributed by atoms with Crippen LogP contribution in [0, 0.1) is 11.8 Å². The Morgan fingerprint density at radius 1 is 0.571 bits per heavy atom. The number of carbonyl (C=O) groups is 2. The van der Waals surface area contributed by atoms with Gasteiger partial charge in [0.15, 0.2) is 0 Å². The van der Waals surface area contributed by atoms with Gasteiger partial charge >= 0.3 is 11.9 Å². The third kappa shape index (κ3) is 31.1. The third-order valence-electron chi connectivity index (χ3n) is 11.5. The Balaban J connectivity index is 2.41. The van der Waals surface area contributed by atoms with Gasteiger partial charge in [0.25, 0.3) is 0 Å². The monoisotopic (exact) mass is 789 g/mol. The Labute approximate surface area is 347 Å². The van der Waals surface area contributed by atoms with Crippen LogP contribution in [0.1, 0.15) is 213 Å². The third-order valence-corrected chi connectivity index (χ3v) is 11.5. The van der Waals surface area contributed by atoms with E-state index in [1.165, 1.54) is 121 Å². The van der Waals surface area contributed by atoms with Crippen LogP contribution in [0.25, 0.3) is 0 Å². The first-order valence-corrected chi connectivity index (χ1v) is 24.0. The number of hydrogen-bond acceptors (Lipinski definition) is 7. The van der Waals surface area contributed by atoms with Gasteiger partial charge in [-0.25, -0.2) is 0 Å². The van der Waals surface area contributed by atoms with Gasteiger partial charge in [-0.2, -0.15) is 5.10 Å². The van der Waals surface area contributed by atoms with Gasteiger partial charge in [-0.1, -0.05) is 143 Å². The number of likely N-dealkylation sites (N-methyl/N-ethyl adjacent to an activating group) is 1. The lowest BCUT2D eigenvalue weighted by Crippen LogP contribution is -2.25. The first-order valence-electron chi connectivity index (χ1n) is 24.0. The minimum absolute atomic E-state index is 0.0342. The van der Waals surface area contributed by atoms with E-state index in [0.29, 0.717) is 26.1 Å². The van der Waals surface area contributed by atoms with Crippen molar-refractivity contribution in [2.45, 2.75) is 221 Å². The summed E-state index contributed by atoms with van der Waals surface area (Å²) in [7, 11) is 4.18. The van der Waals surface area contributed by atoms with Crippen LogP contribution in [-0.4, -0.2) is 78.5 Å². The van der Waals surface area contributed by atoms with Crippen molar-refractivity contribution >= 4 is 11.9 Å². The number of aromatic nitrogens is 2. The average molecular weight is 789 g/mol. The van der Waals surface area contributed by atoms with E-state index in [0.717, 1.165) is 95.9 Å². The molecule has 0 saturated heterocycles. The number of esters is 2. The summed E-state index contributed by atoms with van der Waals surface area (Å²) in [5, 5.41) is 4.61. The van der Waals surface area contributed by atoms with Crippen LogP contribution in [0.3, 0.4) is 0 Å². The summed E-state index contributed by atoms with van der Waals surface area (Å²) in [6.07, 6.45) is 36.6. The molecule has 0 aliphatic heterocycles. The molecule has 8 nitrogen and oxygen atoms in total. The molecule has 0 spiro atoms. The largest absolute Gasteiger partial charge is 0.466 e. The maximum absolute atomic E-state index is 12.5. The maximum Gasteiger partial charge on any atom is 0.305 e. The zero-order chi connectivity index (χ0) is 40.9. The predicted octanol–water partition coefficient (Wildman–Crippen LogP) is 12.6. The second kappa shape index (κ2) is 37.3. The van der Waals surface area contributed by atoms with Gasteiger partial charge in [-0.3, -0.25) is 19.2 Å². The lowest BCUT2D eigenvalue weighted by Gasteiger charge is -2.21. The Morgan fingerprint density at radius 3 is 1.41 bits per heavy atom. The average Bonchev–Trinajstić information content (AvgIpc) is 3.63. The molecule has 0 bridgehead atoms. The highest BCUT2D eigenvalue weighted by Crippen LogP contribution is 2.24. The molecule has 0 fully saturated rings. The summed E-state index contributed by atoms with van der Waals surface area (Å²) in [6, 6.07) is 0. The summed E-state index contributed by atoms with van der Waals surface area (Å²) in [5.74, 6) is 1.51. The number of unbranched alkanes of at least 4 members (excludes halogenated alkanes) is 12. The molecule has 8 heteroatoms. The predicted molar refractivity (Wildman–Crippen MR) is 237 cm³/mol. The number of hydrogen-bond donors (Lipinski definition) is 0. The van der Waals surface area contributed by atoms with Crippen LogP contribution in [0.5, 0.6) is 0 Å². The molecule has 1 aromatic rings. The van der Waals surface area contributed by atoms with E-state index >= 15 is 0 Å². The Kier molecular flexibility index (Phi) is 34.7. The summed E-state index contributed by atoms with van der Waals surface area (Å²) in [6.45, 7) is 15.0. The van der Waals surface area contributed by atoms with Crippen LogP contribution in [0.4, 0.5) is 0 Å². The van der Waals surface area contributed by atoms with Gasteiger partial charge in [0.2, 0.25) is 0 Å². The summed E-state index contributed by atoms with van der Waals surface area (Å²) in [5.41, 5.74) is 1.24. The topological polar surface area (TPSA) is 76.9 Å². The minimum Gasteiger partial charge on any atom is -0.466 e. The number of ether oxygens (including phenoxy) is 2. The molecule has 0 N–H and O–H groups in total. The molecule has 328 valence electrons. The van der Waals surface area contributed by atoms with Crippen molar-refractivity contribution < 1.29 is 19.1 Å². The van der Waals surface area contributed by atoms with E-state index in [1.807, 2.05) is 10.9 Å². The molecule has 1 aromatic heterocycles. The van der Waals surface area contributed by atoms with Crippen LogP contribution >= 0.6 is 0 Å². The lowest BCUT2D eigenvalue weighted by atomic mass is 9.91. The van der Waals surface area contributed by atoms with Gasteiger partial charge in [-0.05, 0) is 90.4 Å². The highest BCUT2D eigenvalue weighted by molar-refractivity contribution is 5.69. The van der Waals surface area contributed by atoms with Crippen molar-refractivity contribution in [3.05, 3.63) is 18.0 Å². The van der Waals surface area contributed by atoms with Crippen LogP contribution in [-0.2, 0) is 32.2 Å². The second-order valence-corrected chi connectivity index (χ2v) is 17.3. The lowest BCUT2D eigenvalue weighted by molar-refractivity contribution is -0.144. The van der Waals surface area contributed by atoms with Crippen molar-refractivity contribution in [3.63, 3.8) is 0 Å². The molecule has 0 amide bonds. The summed E-state index contributed by atoms with van der Waals surface area (Å²) >= 11 is 0. The fraction of sp³-hybridized carbons (Fsp3) is 0.896. The first kappa shape index (κ1) is 52.1. The number of rotatable bonds is 41. The second-order valence-electron chi connectivity index (χ2n) is 17.3. The van der Waals surface area contributed by atoms with Gasteiger partial charge in [0.1, 0.15) is 0 Å².